The first kappa shape index (κ1) is 12.4. The molecule has 0 saturated heterocycles. The second-order valence-corrected chi connectivity index (χ2v) is 5.10. The molecule has 2 aromatic rings. The topological polar surface area (TPSA) is 12.9 Å². The second kappa shape index (κ2) is 5.07. The summed E-state index contributed by atoms with van der Waals surface area (Å²) in [7, 11) is 0. The number of hydrogen-bond acceptors (Lipinski definition) is 1. The molecule has 0 bridgehead atoms. The average molecular weight is 266 g/mol. The van der Waals surface area contributed by atoms with Crippen LogP contribution in [-0.2, 0) is 0 Å². The number of aromatic nitrogens is 1. The average Bonchev–Trinajstić information content (AvgIpc) is 2.29. The van der Waals surface area contributed by atoms with Crippen molar-refractivity contribution in [3.63, 3.8) is 0 Å². The highest BCUT2D eigenvalue weighted by molar-refractivity contribution is 6.36. The molecule has 0 aliphatic rings. The molecule has 0 saturated carbocycles. The molecule has 0 fully saturated rings. The molecular formula is C14H13Cl2N. The Balaban J connectivity index is 2.40. The molecule has 0 amide bonds. The van der Waals surface area contributed by atoms with Gasteiger partial charge in [-0.2, -0.15) is 0 Å². The highest BCUT2D eigenvalue weighted by atomic mass is 35.5. The number of rotatable bonds is 2. The highest BCUT2D eigenvalue weighted by Crippen LogP contribution is 2.28. The van der Waals surface area contributed by atoms with Crippen molar-refractivity contribution in [3.05, 3.63) is 52.1 Å². The SMILES string of the molecule is CC(C)c1ccc(-c2ncc(Cl)cc2Cl)cc1. The normalized spacial score (nSPS) is 10.9. The van der Waals surface area contributed by atoms with Crippen molar-refractivity contribution in [1.29, 1.82) is 0 Å². The highest BCUT2D eigenvalue weighted by Gasteiger charge is 2.06. The van der Waals surface area contributed by atoms with Crippen LogP contribution in [0, 0.1) is 0 Å². The Bertz CT molecular complexity index is 518. The van der Waals surface area contributed by atoms with E-state index < -0.39 is 0 Å². The zero-order valence-electron chi connectivity index (χ0n) is 9.74. The van der Waals surface area contributed by atoms with Gasteiger partial charge in [-0.1, -0.05) is 61.3 Å². The summed E-state index contributed by atoms with van der Waals surface area (Å²) in [6.07, 6.45) is 1.61. The van der Waals surface area contributed by atoms with Crippen molar-refractivity contribution in [3.8, 4) is 11.3 Å². The maximum Gasteiger partial charge on any atom is 0.0889 e. The van der Waals surface area contributed by atoms with Crippen molar-refractivity contribution in [1.82, 2.24) is 4.98 Å². The molecule has 88 valence electrons. The van der Waals surface area contributed by atoms with E-state index in [2.05, 4.69) is 31.0 Å². The summed E-state index contributed by atoms with van der Waals surface area (Å²) in [5.74, 6) is 0.526. The maximum absolute atomic E-state index is 6.12. The smallest absolute Gasteiger partial charge is 0.0889 e. The fourth-order valence-corrected chi connectivity index (χ4v) is 2.14. The largest absolute Gasteiger partial charge is 0.253 e. The van der Waals surface area contributed by atoms with E-state index in [1.165, 1.54) is 5.56 Å². The van der Waals surface area contributed by atoms with E-state index in [4.69, 9.17) is 23.2 Å². The van der Waals surface area contributed by atoms with Gasteiger partial charge >= 0.3 is 0 Å². The van der Waals surface area contributed by atoms with Crippen LogP contribution in [0.25, 0.3) is 11.3 Å². The number of nitrogens with zero attached hydrogens (tertiary/aromatic N) is 1. The lowest BCUT2D eigenvalue weighted by atomic mass is 10.0. The third-order valence-corrected chi connectivity index (χ3v) is 3.15. The van der Waals surface area contributed by atoms with E-state index in [9.17, 15) is 0 Å². The zero-order chi connectivity index (χ0) is 12.4. The lowest BCUT2D eigenvalue weighted by Gasteiger charge is -2.07. The molecular weight excluding hydrogens is 253 g/mol. The summed E-state index contributed by atoms with van der Waals surface area (Å²) in [5.41, 5.74) is 3.08. The maximum atomic E-state index is 6.12. The second-order valence-electron chi connectivity index (χ2n) is 4.26. The van der Waals surface area contributed by atoms with Crippen LogP contribution in [0.15, 0.2) is 36.5 Å². The number of benzene rings is 1. The summed E-state index contributed by atoms with van der Waals surface area (Å²) >= 11 is 11.9. The standard InChI is InChI=1S/C14H13Cl2N/c1-9(2)10-3-5-11(6-4-10)14-13(16)7-12(15)8-17-14/h3-9H,1-2H3. The number of hydrogen-bond donors (Lipinski definition) is 0. The van der Waals surface area contributed by atoms with Gasteiger partial charge in [-0.15, -0.1) is 0 Å². The van der Waals surface area contributed by atoms with Gasteiger partial charge in [0.05, 0.1) is 15.7 Å². The molecule has 0 aliphatic carbocycles. The molecule has 0 unspecified atom stereocenters. The first-order valence-corrected chi connectivity index (χ1v) is 6.25. The molecule has 0 aliphatic heterocycles. The Hall–Kier alpha value is -1.05. The van der Waals surface area contributed by atoms with Crippen molar-refractivity contribution in [2.24, 2.45) is 0 Å². The van der Waals surface area contributed by atoms with E-state index in [-0.39, 0.29) is 0 Å². The van der Waals surface area contributed by atoms with E-state index >= 15 is 0 Å². The minimum Gasteiger partial charge on any atom is -0.253 e. The monoisotopic (exact) mass is 265 g/mol. The van der Waals surface area contributed by atoms with Gasteiger partial charge in [-0.25, -0.2) is 0 Å². The van der Waals surface area contributed by atoms with E-state index in [1.807, 2.05) is 12.1 Å². The van der Waals surface area contributed by atoms with Crippen LogP contribution in [0.3, 0.4) is 0 Å². The molecule has 2 rings (SSSR count). The van der Waals surface area contributed by atoms with E-state index in [0.717, 1.165) is 11.3 Å². The van der Waals surface area contributed by atoms with Crippen LogP contribution in [0.5, 0.6) is 0 Å². The minimum absolute atomic E-state index is 0.526. The molecule has 17 heavy (non-hydrogen) atoms. The minimum atomic E-state index is 0.526. The molecule has 0 radical (unpaired) electrons. The van der Waals surface area contributed by atoms with Crippen molar-refractivity contribution >= 4 is 23.2 Å². The quantitative estimate of drug-likeness (QED) is 0.729. The van der Waals surface area contributed by atoms with Gasteiger partial charge in [-0.3, -0.25) is 4.98 Å². The molecule has 0 spiro atoms. The summed E-state index contributed by atoms with van der Waals surface area (Å²) in [6, 6.07) is 10.00. The predicted molar refractivity (Wildman–Crippen MR) is 73.8 cm³/mol. The lowest BCUT2D eigenvalue weighted by molar-refractivity contribution is 0.867. The number of pyridine rings is 1. The van der Waals surface area contributed by atoms with Gasteiger partial charge in [0.25, 0.3) is 0 Å². The van der Waals surface area contributed by atoms with Crippen LogP contribution >= 0.6 is 23.2 Å². The Morgan fingerprint density at radius 1 is 1.06 bits per heavy atom. The van der Waals surface area contributed by atoms with Gasteiger partial charge in [0.2, 0.25) is 0 Å². The van der Waals surface area contributed by atoms with Crippen LogP contribution < -0.4 is 0 Å². The van der Waals surface area contributed by atoms with Crippen LogP contribution in [0.1, 0.15) is 25.3 Å². The molecule has 1 nitrogen and oxygen atoms in total. The Morgan fingerprint density at radius 3 is 2.24 bits per heavy atom. The van der Waals surface area contributed by atoms with Gasteiger partial charge in [0.15, 0.2) is 0 Å². The van der Waals surface area contributed by atoms with Gasteiger partial charge in [-0.05, 0) is 17.5 Å². The van der Waals surface area contributed by atoms with Crippen LogP contribution in [0.2, 0.25) is 10.0 Å². The summed E-state index contributed by atoms with van der Waals surface area (Å²) in [4.78, 5) is 4.26. The fourth-order valence-electron chi connectivity index (χ4n) is 1.65. The predicted octanol–water partition coefficient (Wildman–Crippen LogP) is 5.18. The van der Waals surface area contributed by atoms with Gasteiger partial charge in [0.1, 0.15) is 0 Å². The Labute approximate surface area is 111 Å². The third-order valence-electron chi connectivity index (χ3n) is 2.66. The van der Waals surface area contributed by atoms with E-state index in [0.29, 0.717) is 16.0 Å². The fraction of sp³-hybridized carbons (Fsp3) is 0.214. The van der Waals surface area contributed by atoms with Crippen molar-refractivity contribution < 1.29 is 0 Å². The van der Waals surface area contributed by atoms with Gasteiger partial charge in [0, 0.05) is 11.8 Å². The number of halogens is 2. The molecule has 1 aromatic carbocycles. The third kappa shape index (κ3) is 2.80. The molecule has 0 atom stereocenters. The molecule has 1 aromatic heterocycles. The molecule has 3 heteroatoms. The van der Waals surface area contributed by atoms with Crippen LogP contribution in [0.4, 0.5) is 0 Å². The molecule has 1 heterocycles. The Morgan fingerprint density at radius 2 is 1.71 bits per heavy atom. The first-order chi connectivity index (χ1) is 8.08. The summed E-state index contributed by atoms with van der Waals surface area (Å²) in [5, 5.41) is 1.13. The van der Waals surface area contributed by atoms with Gasteiger partial charge < -0.3 is 0 Å². The Kier molecular flexibility index (Phi) is 3.70. The molecule has 0 N–H and O–H groups in total. The van der Waals surface area contributed by atoms with E-state index in [1.54, 1.807) is 12.3 Å². The zero-order valence-corrected chi connectivity index (χ0v) is 11.3. The lowest BCUT2D eigenvalue weighted by Crippen LogP contribution is -1.89. The van der Waals surface area contributed by atoms with Crippen molar-refractivity contribution in [2.45, 2.75) is 19.8 Å². The first-order valence-electron chi connectivity index (χ1n) is 5.49. The van der Waals surface area contributed by atoms with Crippen molar-refractivity contribution in [2.75, 3.05) is 0 Å². The van der Waals surface area contributed by atoms with Crippen LogP contribution in [-0.4, -0.2) is 4.98 Å². The summed E-state index contributed by atoms with van der Waals surface area (Å²) < 4.78 is 0. The summed E-state index contributed by atoms with van der Waals surface area (Å²) in [6.45, 7) is 4.34.